The van der Waals surface area contributed by atoms with Gasteiger partial charge in [-0.05, 0) is 50.3 Å². The second-order valence-electron chi connectivity index (χ2n) is 7.06. The lowest BCUT2D eigenvalue weighted by Gasteiger charge is -2.17. The summed E-state index contributed by atoms with van der Waals surface area (Å²) >= 11 is 1.69. The molecule has 0 bridgehead atoms. The van der Waals surface area contributed by atoms with Gasteiger partial charge in [-0.3, -0.25) is 9.59 Å². The van der Waals surface area contributed by atoms with Crippen LogP contribution in [0.1, 0.15) is 42.5 Å². The van der Waals surface area contributed by atoms with Crippen LogP contribution >= 0.6 is 11.3 Å². The topological polar surface area (TPSA) is 62.3 Å². The molecule has 2 heterocycles. The molecule has 1 unspecified atom stereocenters. The summed E-state index contributed by atoms with van der Waals surface area (Å²) in [5, 5.41) is 6.21. The Kier molecular flexibility index (Phi) is 6.61. The molecule has 1 aliphatic rings. The normalized spacial score (nSPS) is 16.7. The van der Waals surface area contributed by atoms with E-state index >= 15 is 0 Å². The number of nitrogens with one attached hydrogen (secondary N) is 1. The van der Waals surface area contributed by atoms with Crippen LogP contribution in [0.2, 0.25) is 0 Å². The molecule has 5 nitrogen and oxygen atoms in total. The second-order valence-corrected chi connectivity index (χ2v) is 8.00. The third-order valence-corrected chi connectivity index (χ3v) is 5.96. The molecule has 1 aromatic heterocycles. The van der Waals surface area contributed by atoms with E-state index in [4.69, 9.17) is 0 Å². The molecule has 1 N–H and O–H groups in total. The van der Waals surface area contributed by atoms with Crippen LogP contribution in [0.5, 0.6) is 0 Å². The summed E-state index contributed by atoms with van der Waals surface area (Å²) in [5.41, 5.74) is 3.20. The van der Waals surface area contributed by atoms with Crippen molar-refractivity contribution >= 4 is 28.8 Å². The van der Waals surface area contributed by atoms with E-state index in [2.05, 4.69) is 22.6 Å². The zero-order valence-corrected chi connectivity index (χ0v) is 16.8. The van der Waals surface area contributed by atoms with Gasteiger partial charge >= 0.3 is 0 Å². The molecular formula is C21H27N3O2S. The van der Waals surface area contributed by atoms with Crippen molar-refractivity contribution in [2.24, 2.45) is 5.92 Å². The van der Waals surface area contributed by atoms with Gasteiger partial charge in [-0.15, -0.1) is 11.3 Å². The number of hydrogen-bond donors (Lipinski definition) is 1. The molecular weight excluding hydrogens is 358 g/mol. The Morgan fingerprint density at radius 3 is 2.74 bits per heavy atom. The number of hydrogen-bond acceptors (Lipinski definition) is 4. The van der Waals surface area contributed by atoms with E-state index in [-0.39, 0.29) is 17.7 Å². The maximum absolute atomic E-state index is 12.4. The highest BCUT2D eigenvalue weighted by Gasteiger charge is 2.34. The van der Waals surface area contributed by atoms with Crippen LogP contribution in [0.25, 0.3) is 0 Å². The van der Waals surface area contributed by atoms with Crippen LogP contribution in [0.4, 0.5) is 5.69 Å². The molecule has 2 amide bonds. The van der Waals surface area contributed by atoms with Crippen molar-refractivity contribution in [1.82, 2.24) is 10.3 Å². The number of carbonyl (C=O) groups excluding carboxylic acids is 2. The molecule has 0 saturated carbocycles. The Labute approximate surface area is 164 Å². The van der Waals surface area contributed by atoms with Gasteiger partial charge in [0.25, 0.3) is 0 Å². The molecule has 1 aromatic carbocycles. The van der Waals surface area contributed by atoms with Crippen LogP contribution in [0.3, 0.4) is 0 Å². The number of rotatable bonds is 8. The summed E-state index contributed by atoms with van der Waals surface area (Å²) in [7, 11) is 0. The number of benzene rings is 1. The van der Waals surface area contributed by atoms with Gasteiger partial charge in [0.2, 0.25) is 11.8 Å². The number of nitrogens with zero attached hydrogens (tertiary/aromatic N) is 2. The first-order chi connectivity index (χ1) is 13.1. The fourth-order valence-corrected chi connectivity index (χ4v) is 4.14. The molecule has 1 atom stereocenters. The third kappa shape index (κ3) is 5.16. The number of carbonyl (C=O) groups is 2. The van der Waals surface area contributed by atoms with Crippen molar-refractivity contribution in [1.29, 1.82) is 0 Å². The maximum Gasteiger partial charge on any atom is 0.227 e. The maximum atomic E-state index is 12.4. The summed E-state index contributed by atoms with van der Waals surface area (Å²) < 4.78 is 0. The Hall–Kier alpha value is -2.21. The van der Waals surface area contributed by atoms with E-state index in [0.29, 0.717) is 19.5 Å². The van der Waals surface area contributed by atoms with Gasteiger partial charge in [-0.2, -0.15) is 0 Å². The van der Waals surface area contributed by atoms with Crippen LogP contribution in [0, 0.1) is 12.8 Å². The van der Waals surface area contributed by atoms with Crippen molar-refractivity contribution in [3.8, 4) is 0 Å². The number of amides is 2. The Morgan fingerprint density at radius 2 is 2.07 bits per heavy atom. The molecule has 1 fully saturated rings. The zero-order valence-electron chi connectivity index (χ0n) is 16.0. The van der Waals surface area contributed by atoms with Gasteiger partial charge in [0.15, 0.2) is 0 Å². The van der Waals surface area contributed by atoms with Gasteiger partial charge in [-0.25, -0.2) is 4.98 Å². The predicted molar refractivity (Wildman–Crippen MR) is 109 cm³/mol. The average molecular weight is 386 g/mol. The SMILES string of the molecule is CCc1ccc(N2CC(C(=O)NCCCCc3nc(C)cs3)CC2=O)cc1. The first-order valence-corrected chi connectivity index (χ1v) is 10.5. The highest BCUT2D eigenvalue weighted by atomic mass is 32.1. The average Bonchev–Trinajstić information content (AvgIpc) is 3.27. The fourth-order valence-electron chi connectivity index (χ4n) is 3.32. The zero-order chi connectivity index (χ0) is 19.2. The highest BCUT2D eigenvalue weighted by molar-refractivity contribution is 7.09. The van der Waals surface area contributed by atoms with E-state index in [1.165, 1.54) is 5.56 Å². The lowest BCUT2D eigenvalue weighted by molar-refractivity contribution is -0.126. The molecule has 0 radical (unpaired) electrons. The first kappa shape index (κ1) is 19.5. The van der Waals surface area contributed by atoms with Crippen molar-refractivity contribution in [2.75, 3.05) is 18.0 Å². The molecule has 0 spiro atoms. The molecule has 27 heavy (non-hydrogen) atoms. The summed E-state index contributed by atoms with van der Waals surface area (Å²) in [6, 6.07) is 8.02. The summed E-state index contributed by atoms with van der Waals surface area (Å²) in [5.74, 6) is -0.246. The highest BCUT2D eigenvalue weighted by Crippen LogP contribution is 2.25. The molecule has 1 saturated heterocycles. The van der Waals surface area contributed by atoms with Crippen LogP contribution < -0.4 is 10.2 Å². The van der Waals surface area contributed by atoms with E-state index in [1.807, 2.05) is 31.2 Å². The monoisotopic (exact) mass is 385 g/mol. The molecule has 6 heteroatoms. The number of unbranched alkanes of at least 4 members (excludes halogenated alkanes) is 1. The molecule has 3 rings (SSSR count). The van der Waals surface area contributed by atoms with Gasteiger partial charge in [0.05, 0.1) is 10.9 Å². The smallest absolute Gasteiger partial charge is 0.227 e. The van der Waals surface area contributed by atoms with Crippen molar-refractivity contribution in [3.05, 3.63) is 45.9 Å². The Balaban J connectivity index is 1.41. The lowest BCUT2D eigenvalue weighted by Crippen LogP contribution is -2.33. The van der Waals surface area contributed by atoms with Crippen molar-refractivity contribution < 1.29 is 9.59 Å². The van der Waals surface area contributed by atoms with Gasteiger partial charge in [0.1, 0.15) is 0 Å². The minimum atomic E-state index is -0.259. The van der Waals surface area contributed by atoms with Crippen molar-refractivity contribution in [2.45, 2.75) is 46.0 Å². The Morgan fingerprint density at radius 1 is 1.30 bits per heavy atom. The van der Waals surface area contributed by atoms with Crippen LogP contribution in [-0.4, -0.2) is 29.9 Å². The fraction of sp³-hybridized carbons (Fsp3) is 0.476. The van der Waals surface area contributed by atoms with Gasteiger partial charge in [-0.1, -0.05) is 19.1 Å². The quantitative estimate of drug-likeness (QED) is 0.708. The summed E-state index contributed by atoms with van der Waals surface area (Å²) in [6.45, 7) is 5.23. The predicted octanol–water partition coefficient (Wildman–Crippen LogP) is 3.51. The number of aromatic nitrogens is 1. The second kappa shape index (κ2) is 9.13. The molecule has 1 aliphatic heterocycles. The lowest BCUT2D eigenvalue weighted by atomic mass is 10.1. The van der Waals surface area contributed by atoms with Crippen LogP contribution in [0.15, 0.2) is 29.6 Å². The Bertz CT molecular complexity index is 785. The third-order valence-electron chi connectivity index (χ3n) is 4.94. The van der Waals surface area contributed by atoms with Gasteiger partial charge in [0, 0.05) is 36.3 Å². The first-order valence-electron chi connectivity index (χ1n) is 9.65. The van der Waals surface area contributed by atoms with Gasteiger partial charge < -0.3 is 10.2 Å². The standard InChI is InChI=1S/C21H27N3O2S/c1-3-16-7-9-18(10-8-16)24-13-17(12-20(24)25)21(26)22-11-5-4-6-19-23-15(2)14-27-19/h7-10,14,17H,3-6,11-13H2,1-2H3,(H,22,26). The van der Waals surface area contributed by atoms with E-state index in [0.717, 1.165) is 42.1 Å². The van der Waals surface area contributed by atoms with Crippen LogP contribution in [-0.2, 0) is 22.4 Å². The molecule has 2 aromatic rings. The largest absolute Gasteiger partial charge is 0.356 e. The molecule has 144 valence electrons. The number of anilines is 1. The van der Waals surface area contributed by atoms with E-state index in [1.54, 1.807) is 16.2 Å². The van der Waals surface area contributed by atoms with E-state index < -0.39 is 0 Å². The molecule has 0 aliphatic carbocycles. The van der Waals surface area contributed by atoms with Crippen molar-refractivity contribution in [3.63, 3.8) is 0 Å². The summed E-state index contributed by atoms with van der Waals surface area (Å²) in [4.78, 5) is 30.9. The summed E-state index contributed by atoms with van der Waals surface area (Å²) in [6.07, 6.45) is 4.15. The number of aryl methyl sites for hydroxylation is 3. The van der Waals surface area contributed by atoms with E-state index in [9.17, 15) is 9.59 Å². The minimum absolute atomic E-state index is 0.0129. The minimum Gasteiger partial charge on any atom is -0.356 e. The number of thiazole rings is 1.